The lowest BCUT2D eigenvalue weighted by Crippen LogP contribution is -2.27. The van der Waals surface area contributed by atoms with E-state index in [0.717, 1.165) is 23.3 Å². The monoisotopic (exact) mass is 538 g/mol. The second-order valence-electron chi connectivity index (χ2n) is 9.27. The Bertz CT molecular complexity index is 1280. The molecule has 3 rings (SSSR count). The number of rotatable bonds is 13. The quantitative estimate of drug-likeness (QED) is 0.166. The first-order valence-electron chi connectivity index (χ1n) is 12.4. The Morgan fingerprint density at radius 2 is 1.41 bits per heavy atom. The standard InChI is InChI=1S/C30H31FO8/c1-4-30(2,3)29(35)38-18-16-36-15-17-37-23-11-9-21(10-12-23)20-5-7-22(8-6-20)28(34)39-24-13-14-25(27(32)33)26(31)19-24/h5-14,19H,4,15-18H2,1-3H3,(H,32,33). The van der Waals surface area contributed by atoms with E-state index in [0.29, 0.717) is 32.0 Å². The van der Waals surface area contributed by atoms with E-state index in [4.69, 9.17) is 24.1 Å². The van der Waals surface area contributed by atoms with Crippen molar-refractivity contribution in [1.29, 1.82) is 0 Å². The Labute approximate surface area is 226 Å². The molecule has 0 amide bonds. The van der Waals surface area contributed by atoms with Gasteiger partial charge in [0.15, 0.2) is 0 Å². The van der Waals surface area contributed by atoms with Crippen molar-refractivity contribution in [3.63, 3.8) is 0 Å². The van der Waals surface area contributed by atoms with Gasteiger partial charge in [0, 0.05) is 6.07 Å². The minimum absolute atomic E-state index is 0.0907. The van der Waals surface area contributed by atoms with Gasteiger partial charge >= 0.3 is 17.9 Å². The van der Waals surface area contributed by atoms with Gasteiger partial charge < -0.3 is 24.1 Å². The maximum absolute atomic E-state index is 13.8. The average molecular weight is 539 g/mol. The maximum Gasteiger partial charge on any atom is 0.343 e. The maximum atomic E-state index is 13.8. The third-order valence-corrected chi connectivity index (χ3v) is 6.08. The summed E-state index contributed by atoms with van der Waals surface area (Å²) in [5.74, 6) is -2.75. The summed E-state index contributed by atoms with van der Waals surface area (Å²) < 4.78 is 35.3. The zero-order chi connectivity index (χ0) is 28.4. The molecule has 0 aromatic heterocycles. The molecule has 8 nitrogen and oxygen atoms in total. The third-order valence-electron chi connectivity index (χ3n) is 6.08. The van der Waals surface area contributed by atoms with Gasteiger partial charge in [-0.15, -0.1) is 0 Å². The highest BCUT2D eigenvalue weighted by Crippen LogP contribution is 2.24. The lowest BCUT2D eigenvalue weighted by atomic mass is 9.91. The molecule has 0 saturated carbocycles. The van der Waals surface area contributed by atoms with Crippen molar-refractivity contribution < 1.29 is 42.8 Å². The molecular formula is C30H31FO8. The van der Waals surface area contributed by atoms with Crippen LogP contribution in [0.4, 0.5) is 4.39 Å². The fourth-order valence-corrected chi connectivity index (χ4v) is 3.29. The molecule has 39 heavy (non-hydrogen) atoms. The van der Waals surface area contributed by atoms with E-state index in [-0.39, 0.29) is 23.9 Å². The smallest absolute Gasteiger partial charge is 0.343 e. The van der Waals surface area contributed by atoms with E-state index in [2.05, 4.69) is 0 Å². The van der Waals surface area contributed by atoms with Crippen LogP contribution < -0.4 is 9.47 Å². The topological polar surface area (TPSA) is 108 Å². The molecule has 0 aliphatic rings. The first-order valence-corrected chi connectivity index (χ1v) is 12.4. The van der Waals surface area contributed by atoms with E-state index >= 15 is 0 Å². The van der Waals surface area contributed by atoms with Crippen molar-refractivity contribution in [2.24, 2.45) is 5.41 Å². The number of carboxylic acids is 1. The molecule has 0 atom stereocenters. The molecule has 0 aliphatic heterocycles. The highest BCUT2D eigenvalue weighted by molar-refractivity contribution is 5.92. The zero-order valence-electron chi connectivity index (χ0n) is 22.1. The Morgan fingerprint density at radius 3 is 2.00 bits per heavy atom. The van der Waals surface area contributed by atoms with E-state index in [9.17, 15) is 18.8 Å². The summed E-state index contributed by atoms with van der Waals surface area (Å²) >= 11 is 0. The highest BCUT2D eigenvalue weighted by Gasteiger charge is 2.26. The van der Waals surface area contributed by atoms with Crippen LogP contribution in [0.15, 0.2) is 66.7 Å². The summed E-state index contributed by atoms with van der Waals surface area (Å²) in [6, 6.07) is 17.2. The highest BCUT2D eigenvalue weighted by atomic mass is 19.1. The molecule has 206 valence electrons. The van der Waals surface area contributed by atoms with Crippen LogP contribution in [0.1, 0.15) is 47.9 Å². The molecule has 0 saturated heterocycles. The van der Waals surface area contributed by atoms with Crippen molar-refractivity contribution in [1.82, 2.24) is 0 Å². The first-order chi connectivity index (χ1) is 18.6. The molecule has 0 fully saturated rings. The normalized spacial score (nSPS) is 11.1. The van der Waals surface area contributed by atoms with Gasteiger partial charge in [0.1, 0.15) is 30.5 Å². The number of benzene rings is 3. The molecule has 0 radical (unpaired) electrons. The number of carboxylic acid groups (broad SMARTS) is 1. The van der Waals surface area contributed by atoms with E-state index < -0.39 is 28.7 Å². The molecule has 3 aromatic carbocycles. The Balaban J connectivity index is 1.43. The van der Waals surface area contributed by atoms with Crippen molar-refractivity contribution in [3.05, 3.63) is 83.7 Å². The van der Waals surface area contributed by atoms with Gasteiger partial charge in [0.25, 0.3) is 0 Å². The van der Waals surface area contributed by atoms with Crippen LogP contribution in [0, 0.1) is 11.2 Å². The number of ether oxygens (including phenoxy) is 4. The summed E-state index contributed by atoms with van der Waals surface area (Å²) in [7, 11) is 0. The summed E-state index contributed by atoms with van der Waals surface area (Å²) in [5.41, 5.74) is 1.02. The van der Waals surface area contributed by atoms with Crippen LogP contribution in [0.5, 0.6) is 11.5 Å². The first kappa shape index (κ1) is 29.3. The van der Waals surface area contributed by atoms with E-state index in [1.54, 1.807) is 24.3 Å². The number of esters is 2. The molecular weight excluding hydrogens is 507 g/mol. The van der Waals surface area contributed by atoms with Crippen molar-refractivity contribution in [2.45, 2.75) is 27.2 Å². The Hall–Kier alpha value is -4.24. The number of aromatic carboxylic acids is 1. The molecule has 9 heteroatoms. The minimum Gasteiger partial charge on any atom is -0.491 e. The minimum atomic E-state index is -1.41. The zero-order valence-corrected chi connectivity index (χ0v) is 22.1. The Morgan fingerprint density at radius 1 is 0.821 bits per heavy atom. The fraction of sp³-hybridized carbons (Fsp3) is 0.300. The molecule has 3 aromatic rings. The lowest BCUT2D eigenvalue weighted by molar-refractivity contribution is -0.155. The van der Waals surface area contributed by atoms with Gasteiger partial charge in [-0.05, 0) is 67.8 Å². The number of hydrogen-bond acceptors (Lipinski definition) is 7. The molecule has 0 bridgehead atoms. The van der Waals surface area contributed by atoms with Gasteiger partial charge in [-0.25, -0.2) is 14.0 Å². The fourth-order valence-electron chi connectivity index (χ4n) is 3.29. The van der Waals surface area contributed by atoms with Crippen LogP contribution in [0.25, 0.3) is 11.1 Å². The third kappa shape index (κ3) is 8.38. The molecule has 0 spiro atoms. The molecule has 1 N–H and O–H groups in total. The van der Waals surface area contributed by atoms with Crippen molar-refractivity contribution in [2.75, 3.05) is 26.4 Å². The summed E-state index contributed by atoms with van der Waals surface area (Å²) in [5, 5.41) is 8.89. The predicted octanol–water partition coefficient (Wildman–Crippen LogP) is 5.78. The van der Waals surface area contributed by atoms with E-state index in [1.165, 1.54) is 6.07 Å². The van der Waals surface area contributed by atoms with Gasteiger partial charge in [-0.2, -0.15) is 0 Å². The molecule has 0 heterocycles. The Kier molecular flexibility index (Phi) is 10.2. The van der Waals surface area contributed by atoms with E-state index in [1.807, 2.05) is 45.0 Å². The molecule has 0 aliphatic carbocycles. The van der Waals surface area contributed by atoms with Crippen LogP contribution in [0.3, 0.4) is 0 Å². The summed E-state index contributed by atoms with van der Waals surface area (Å²) in [4.78, 5) is 35.2. The lowest BCUT2D eigenvalue weighted by Gasteiger charge is -2.20. The number of halogens is 1. The van der Waals surface area contributed by atoms with Crippen LogP contribution >= 0.6 is 0 Å². The molecule has 0 unspecified atom stereocenters. The van der Waals surface area contributed by atoms with Crippen molar-refractivity contribution >= 4 is 17.9 Å². The van der Waals surface area contributed by atoms with Gasteiger partial charge in [-0.1, -0.05) is 31.2 Å². The number of hydrogen-bond donors (Lipinski definition) is 1. The number of carbonyl (C=O) groups is 3. The number of carbonyl (C=O) groups excluding carboxylic acids is 2. The van der Waals surface area contributed by atoms with Crippen LogP contribution in [-0.4, -0.2) is 49.4 Å². The predicted molar refractivity (Wildman–Crippen MR) is 142 cm³/mol. The van der Waals surface area contributed by atoms with Gasteiger partial charge in [-0.3, -0.25) is 4.79 Å². The van der Waals surface area contributed by atoms with Gasteiger partial charge in [0.05, 0.1) is 29.8 Å². The second-order valence-corrected chi connectivity index (χ2v) is 9.27. The SMILES string of the molecule is CCC(C)(C)C(=O)OCCOCCOc1ccc(-c2ccc(C(=O)Oc3ccc(C(=O)O)c(F)c3)cc2)cc1. The van der Waals surface area contributed by atoms with Crippen molar-refractivity contribution in [3.8, 4) is 22.6 Å². The second kappa shape index (κ2) is 13.5. The van der Waals surface area contributed by atoms with Crippen LogP contribution in [-0.2, 0) is 14.3 Å². The average Bonchev–Trinajstić information content (AvgIpc) is 2.92. The van der Waals surface area contributed by atoms with Gasteiger partial charge in [0.2, 0.25) is 0 Å². The summed E-state index contributed by atoms with van der Waals surface area (Å²) in [6.07, 6.45) is 0.705. The largest absolute Gasteiger partial charge is 0.491 e. The summed E-state index contributed by atoms with van der Waals surface area (Å²) in [6.45, 7) is 6.82. The van der Waals surface area contributed by atoms with Crippen LogP contribution in [0.2, 0.25) is 0 Å².